The normalized spacial score (nSPS) is 11.0. The second kappa shape index (κ2) is 11.3. The summed E-state index contributed by atoms with van der Waals surface area (Å²) in [5.74, 6) is -0.251. The fourth-order valence-corrected chi connectivity index (χ4v) is 1.77. The van der Waals surface area contributed by atoms with Crippen molar-refractivity contribution < 1.29 is 9.90 Å². The number of carboxylic acid groups (broad SMARTS) is 1. The van der Waals surface area contributed by atoms with Crippen molar-refractivity contribution in [2.24, 2.45) is 7.05 Å². The van der Waals surface area contributed by atoms with Crippen molar-refractivity contribution in [3.63, 3.8) is 0 Å². The molecule has 0 amide bonds. The van der Waals surface area contributed by atoms with Gasteiger partial charge in [0.2, 0.25) is 5.82 Å². The fraction of sp³-hybridized carbons (Fsp3) is 0.529. The van der Waals surface area contributed by atoms with E-state index in [2.05, 4.69) is 15.4 Å². The van der Waals surface area contributed by atoms with Crippen LogP contribution in [0.3, 0.4) is 0 Å². The molecule has 2 aromatic rings. The van der Waals surface area contributed by atoms with Gasteiger partial charge in [-0.25, -0.2) is 0 Å². The van der Waals surface area contributed by atoms with Gasteiger partial charge in [-0.3, -0.25) is 9.69 Å². The Bertz CT molecular complexity index is 595. The van der Waals surface area contributed by atoms with Crippen LogP contribution in [0.25, 0.3) is 11.4 Å². The molecule has 0 aliphatic heterocycles. The molecule has 1 aromatic carbocycles. The molecular weight excluding hydrogens is 306 g/mol. The van der Waals surface area contributed by atoms with Crippen LogP contribution >= 0.6 is 0 Å². The van der Waals surface area contributed by atoms with Gasteiger partial charge in [0, 0.05) is 12.1 Å². The zero-order valence-electron chi connectivity index (χ0n) is 15.7. The molecule has 1 N–H and O–H groups in total. The van der Waals surface area contributed by atoms with Gasteiger partial charge in [0.05, 0.1) is 7.05 Å². The van der Waals surface area contributed by atoms with Gasteiger partial charge in [-0.05, 0) is 24.7 Å². The quantitative estimate of drug-likeness (QED) is 0.904. The van der Waals surface area contributed by atoms with E-state index in [1.54, 1.807) is 25.9 Å². The summed E-state index contributed by atoms with van der Waals surface area (Å²) in [4.78, 5) is 14.1. The Morgan fingerprint density at radius 1 is 1.21 bits per heavy atom. The Balaban J connectivity index is 0.00000123. The number of hydrogen-bond donors (Lipinski definition) is 1. The molecule has 1 atom stereocenters. The number of benzene rings is 1. The lowest BCUT2D eigenvalue weighted by atomic mass is 10.1. The SMILES string of the molecule is CC.CC.CC(C(=O)O)N(C)Cc1ccc(-c2nnn(C)n2)cc1. The Morgan fingerprint density at radius 3 is 2.17 bits per heavy atom. The minimum Gasteiger partial charge on any atom is -0.480 e. The van der Waals surface area contributed by atoms with Gasteiger partial charge in [-0.2, -0.15) is 4.80 Å². The Hall–Kier alpha value is -2.28. The minimum atomic E-state index is -0.826. The summed E-state index contributed by atoms with van der Waals surface area (Å²) in [6.45, 7) is 10.2. The van der Waals surface area contributed by atoms with Crippen LogP contribution in [-0.4, -0.2) is 49.3 Å². The molecule has 24 heavy (non-hydrogen) atoms. The van der Waals surface area contributed by atoms with Crippen LogP contribution in [0.15, 0.2) is 24.3 Å². The topological polar surface area (TPSA) is 84.1 Å². The number of nitrogens with zero attached hydrogens (tertiary/aromatic N) is 5. The largest absolute Gasteiger partial charge is 0.480 e. The Morgan fingerprint density at radius 2 is 1.75 bits per heavy atom. The number of aryl methyl sites for hydroxylation is 1. The van der Waals surface area contributed by atoms with Crippen LogP contribution in [0.1, 0.15) is 40.2 Å². The van der Waals surface area contributed by atoms with Crippen molar-refractivity contribution >= 4 is 5.97 Å². The van der Waals surface area contributed by atoms with E-state index in [4.69, 9.17) is 5.11 Å². The maximum Gasteiger partial charge on any atom is 0.320 e. The smallest absolute Gasteiger partial charge is 0.320 e. The monoisotopic (exact) mass is 335 g/mol. The first-order valence-electron chi connectivity index (χ1n) is 8.23. The molecule has 0 radical (unpaired) electrons. The van der Waals surface area contributed by atoms with Gasteiger partial charge in [-0.1, -0.05) is 52.0 Å². The van der Waals surface area contributed by atoms with Gasteiger partial charge >= 0.3 is 5.97 Å². The van der Waals surface area contributed by atoms with Crippen LogP contribution in [0, 0.1) is 0 Å². The number of tetrazole rings is 1. The molecule has 2 rings (SSSR count). The number of likely N-dealkylation sites (N-methyl/N-ethyl adjacent to an activating group) is 1. The van der Waals surface area contributed by atoms with Crippen molar-refractivity contribution in [2.75, 3.05) is 7.05 Å². The molecule has 0 saturated heterocycles. The van der Waals surface area contributed by atoms with Crippen LogP contribution in [-0.2, 0) is 18.4 Å². The average molecular weight is 335 g/mol. The number of carboxylic acids is 1. The molecule has 0 spiro atoms. The lowest BCUT2D eigenvalue weighted by Crippen LogP contribution is -2.35. The number of hydrogen-bond acceptors (Lipinski definition) is 5. The van der Waals surface area contributed by atoms with E-state index in [1.807, 2.05) is 52.0 Å². The molecule has 0 saturated carbocycles. The first-order valence-corrected chi connectivity index (χ1v) is 8.23. The molecule has 1 heterocycles. The number of carbonyl (C=O) groups is 1. The highest BCUT2D eigenvalue weighted by molar-refractivity contribution is 5.72. The number of rotatable bonds is 5. The lowest BCUT2D eigenvalue weighted by Gasteiger charge is -2.21. The Labute approximate surface area is 144 Å². The highest BCUT2D eigenvalue weighted by atomic mass is 16.4. The van der Waals surface area contributed by atoms with E-state index >= 15 is 0 Å². The van der Waals surface area contributed by atoms with E-state index < -0.39 is 12.0 Å². The van der Waals surface area contributed by atoms with Gasteiger partial charge < -0.3 is 5.11 Å². The van der Waals surface area contributed by atoms with Crippen molar-refractivity contribution in [1.82, 2.24) is 25.1 Å². The summed E-state index contributed by atoms with van der Waals surface area (Å²) in [6, 6.07) is 7.18. The predicted octanol–water partition coefficient (Wildman–Crippen LogP) is 2.83. The van der Waals surface area contributed by atoms with Crippen LogP contribution < -0.4 is 0 Å². The van der Waals surface area contributed by atoms with E-state index in [9.17, 15) is 4.79 Å². The zero-order valence-corrected chi connectivity index (χ0v) is 15.7. The summed E-state index contributed by atoms with van der Waals surface area (Å²) in [5, 5.41) is 20.8. The standard InChI is InChI=1S/C13H17N5O2.2C2H6/c1-9(13(19)20)17(2)8-10-4-6-11(7-5-10)12-14-16-18(3)15-12;2*1-2/h4-7,9H,8H2,1-3H3,(H,19,20);2*1-2H3. The number of aliphatic carboxylic acids is 1. The lowest BCUT2D eigenvalue weighted by molar-refractivity contribution is -0.142. The van der Waals surface area contributed by atoms with E-state index in [-0.39, 0.29) is 0 Å². The molecule has 0 aliphatic rings. The van der Waals surface area contributed by atoms with E-state index in [0.29, 0.717) is 12.4 Å². The third-order valence-electron chi connectivity index (χ3n) is 3.17. The summed E-state index contributed by atoms with van der Waals surface area (Å²) in [5.41, 5.74) is 1.92. The molecule has 134 valence electrons. The predicted molar refractivity (Wildman–Crippen MR) is 95.5 cm³/mol. The van der Waals surface area contributed by atoms with Crippen LogP contribution in [0.4, 0.5) is 0 Å². The van der Waals surface area contributed by atoms with Crippen LogP contribution in [0.2, 0.25) is 0 Å². The maximum atomic E-state index is 10.9. The molecule has 7 nitrogen and oxygen atoms in total. The summed E-state index contributed by atoms with van der Waals surface area (Å²) in [7, 11) is 3.50. The van der Waals surface area contributed by atoms with Crippen molar-refractivity contribution in [2.45, 2.75) is 47.2 Å². The second-order valence-corrected chi connectivity index (χ2v) is 4.73. The molecule has 1 unspecified atom stereocenters. The van der Waals surface area contributed by atoms with Gasteiger partial charge in [0.15, 0.2) is 0 Å². The third-order valence-corrected chi connectivity index (χ3v) is 3.17. The molecule has 0 fully saturated rings. The van der Waals surface area contributed by atoms with Gasteiger partial charge in [0.25, 0.3) is 0 Å². The van der Waals surface area contributed by atoms with E-state index in [0.717, 1.165) is 11.1 Å². The van der Waals surface area contributed by atoms with Crippen molar-refractivity contribution in [3.05, 3.63) is 29.8 Å². The minimum absolute atomic E-state index is 0.517. The van der Waals surface area contributed by atoms with Crippen LogP contribution in [0.5, 0.6) is 0 Å². The summed E-state index contributed by atoms with van der Waals surface area (Å²) >= 11 is 0. The fourth-order valence-electron chi connectivity index (χ4n) is 1.77. The molecule has 1 aromatic heterocycles. The summed E-state index contributed by atoms with van der Waals surface area (Å²) < 4.78 is 0. The van der Waals surface area contributed by atoms with Gasteiger partial charge in [-0.15, -0.1) is 10.2 Å². The Kier molecular flexibility index (Phi) is 10.2. The highest BCUT2D eigenvalue weighted by Crippen LogP contribution is 2.15. The molecule has 0 bridgehead atoms. The average Bonchev–Trinajstić information content (AvgIpc) is 3.04. The molecule has 0 aliphatic carbocycles. The summed E-state index contributed by atoms with van der Waals surface area (Å²) in [6.07, 6.45) is 0. The maximum absolute atomic E-state index is 10.9. The van der Waals surface area contributed by atoms with Crippen molar-refractivity contribution in [3.8, 4) is 11.4 Å². The first-order chi connectivity index (χ1) is 11.5. The third kappa shape index (κ3) is 6.45. The van der Waals surface area contributed by atoms with Crippen molar-refractivity contribution in [1.29, 1.82) is 0 Å². The second-order valence-electron chi connectivity index (χ2n) is 4.73. The van der Waals surface area contributed by atoms with E-state index in [1.165, 1.54) is 4.80 Å². The number of aromatic nitrogens is 4. The molecule has 7 heteroatoms. The zero-order chi connectivity index (χ0) is 18.7. The first kappa shape index (κ1) is 21.7. The molecular formula is C17H29N5O2. The highest BCUT2D eigenvalue weighted by Gasteiger charge is 2.16. The van der Waals surface area contributed by atoms with Gasteiger partial charge in [0.1, 0.15) is 6.04 Å².